The Morgan fingerprint density at radius 1 is 1.21 bits per heavy atom. The monoisotopic (exact) mass is 413 g/mol. The summed E-state index contributed by atoms with van der Waals surface area (Å²) < 4.78 is 0. The third kappa shape index (κ3) is 7.44. The largest absolute Gasteiger partial charge is 0.357 e. The number of hydrogen-bond donors (Lipinski definition) is 2. The molecule has 0 amide bonds. The second-order valence-electron chi connectivity index (χ2n) is 7.66. The first-order valence-electron chi connectivity index (χ1n) is 11.0. The number of benzene rings is 1. The minimum atomic E-state index is 0.660. The fraction of sp³-hybridized carbons (Fsp3) is 0.565. The lowest BCUT2D eigenvalue weighted by molar-refractivity contribution is 0.329. The van der Waals surface area contributed by atoms with Crippen molar-refractivity contribution in [2.45, 2.75) is 39.5 Å². The molecule has 1 unspecified atom stereocenters. The van der Waals surface area contributed by atoms with Gasteiger partial charge in [0.2, 0.25) is 0 Å². The summed E-state index contributed by atoms with van der Waals surface area (Å²) in [6.07, 6.45) is 6.40. The maximum absolute atomic E-state index is 4.85. The van der Waals surface area contributed by atoms with E-state index >= 15 is 0 Å². The Hall–Kier alpha value is -1.92. The molecule has 0 aliphatic carbocycles. The first-order valence-corrected chi connectivity index (χ1v) is 11.8. The molecule has 5 nitrogen and oxygen atoms in total. The van der Waals surface area contributed by atoms with E-state index in [9.17, 15) is 0 Å². The first kappa shape index (κ1) is 21.8. The molecule has 1 aromatic heterocycles. The van der Waals surface area contributed by atoms with Crippen molar-refractivity contribution in [2.24, 2.45) is 10.9 Å². The zero-order chi connectivity index (χ0) is 20.3. The van der Waals surface area contributed by atoms with Crippen molar-refractivity contribution in [1.82, 2.24) is 20.5 Å². The smallest absolute Gasteiger partial charge is 0.191 e. The molecule has 3 rings (SSSR count). The summed E-state index contributed by atoms with van der Waals surface area (Å²) in [7, 11) is 0. The van der Waals surface area contributed by atoms with Crippen molar-refractivity contribution >= 4 is 17.3 Å². The highest BCUT2D eigenvalue weighted by Crippen LogP contribution is 2.17. The van der Waals surface area contributed by atoms with Gasteiger partial charge in [-0.15, -0.1) is 11.3 Å². The zero-order valence-electron chi connectivity index (χ0n) is 17.9. The number of nitrogens with zero attached hydrogens (tertiary/aromatic N) is 3. The van der Waals surface area contributed by atoms with Gasteiger partial charge in [-0.05, 0) is 44.2 Å². The molecule has 0 radical (unpaired) electrons. The molecule has 0 saturated carbocycles. The van der Waals surface area contributed by atoms with Crippen molar-refractivity contribution < 1.29 is 0 Å². The lowest BCUT2D eigenvalue weighted by Gasteiger charge is -2.16. The number of aliphatic imine (C=N–C) groups is 1. The van der Waals surface area contributed by atoms with E-state index < -0.39 is 0 Å². The lowest BCUT2D eigenvalue weighted by atomic mass is 10.1. The van der Waals surface area contributed by atoms with Gasteiger partial charge in [-0.1, -0.05) is 37.3 Å². The van der Waals surface area contributed by atoms with Gasteiger partial charge in [0.1, 0.15) is 0 Å². The van der Waals surface area contributed by atoms with Crippen LogP contribution in [0.3, 0.4) is 0 Å². The van der Waals surface area contributed by atoms with Gasteiger partial charge < -0.3 is 15.5 Å². The minimum Gasteiger partial charge on any atom is -0.357 e. The van der Waals surface area contributed by atoms with Crippen LogP contribution in [0.2, 0.25) is 0 Å². The molecule has 0 bridgehead atoms. The lowest BCUT2D eigenvalue weighted by Crippen LogP contribution is -2.38. The van der Waals surface area contributed by atoms with Crippen molar-refractivity contribution in [3.05, 3.63) is 52.0 Å². The summed E-state index contributed by atoms with van der Waals surface area (Å²) in [6, 6.07) is 10.8. The zero-order valence-corrected chi connectivity index (χ0v) is 18.7. The van der Waals surface area contributed by atoms with Crippen LogP contribution >= 0.6 is 11.3 Å². The van der Waals surface area contributed by atoms with E-state index in [0.717, 1.165) is 57.9 Å². The van der Waals surface area contributed by atoms with Gasteiger partial charge in [-0.25, -0.2) is 4.98 Å². The average Bonchev–Trinajstić information content (AvgIpc) is 3.40. The number of aromatic nitrogens is 1. The molecule has 0 spiro atoms. The molecule has 6 heteroatoms. The molecule has 1 aliphatic heterocycles. The number of nitrogens with one attached hydrogen (secondary N) is 2. The molecule has 2 N–H and O–H groups in total. The third-order valence-corrected chi connectivity index (χ3v) is 6.56. The van der Waals surface area contributed by atoms with Crippen molar-refractivity contribution in [3.8, 4) is 0 Å². The summed E-state index contributed by atoms with van der Waals surface area (Å²) in [4.78, 5) is 13.3. The fourth-order valence-corrected chi connectivity index (χ4v) is 4.54. The fourth-order valence-electron chi connectivity index (χ4n) is 3.67. The Bertz CT molecular complexity index is 743. The van der Waals surface area contributed by atoms with E-state index in [1.807, 2.05) is 17.5 Å². The molecule has 1 saturated heterocycles. The Balaban J connectivity index is 1.38. The standard InChI is InChI=1S/C23H35N5S/c1-3-21-17-26-22(29-21)10-13-25-23(24-4-2)27-16-20-12-15-28(18-20)14-11-19-8-6-5-7-9-19/h5-9,17,20H,3-4,10-16,18H2,1-2H3,(H2,24,25,27). The Kier molecular flexibility index (Phi) is 8.96. The third-order valence-electron chi connectivity index (χ3n) is 5.36. The number of guanidine groups is 1. The predicted molar refractivity (Wildman–Crippen MR) is 124 cm³/mol. The molecule has 1 atom stereocenters. The van der Waals surface area contributed by atoms with E-state index in [-0.39, 0.29) is 0 Å². The van der Waals surface area contributed by atoms with Gasteiger partial charge in [0.25, 0.3) is 0 Å². The maximum atomic E-state index is 4.85. The number of hydrogen-bond acceptors (Lipinski definition) is 4. The van der Waals surface area contributed by atoms with Crippen LogP contribution in [0.4, 0.5) is 0 Å². The Morgan fingerprint density at radius 2 is 2.07 bits per heavy atom. The Labute approximate surface area is 179 Å². The maximum Gasteiger partial charge on any atom is 0.191 e. The number of aryl methyl sites for hydroxylation is 1. The van der Waals surface area contributed by atoms with Crippen LogP contribution in [-0.4, -0.2) is 55.1 Å². The van der Waals surface area contributed by atoms with Gasteiger partial charge in [-0.3, -0.25) is 4.99 Å². The van der Waals surface area contributed by atoms with E-state index in [4.69, 9.17) is 4.99 Å². The average molecular weight is 414 g/mol. The van der Waals surface area contributed by atoms with Crippen LogP contribution in [0.15, 0.2) is 41.5 Å². The highest BCUT2D eigenvalue weighted by molar-refractivity contribution is 7.11. The van der Waals surface area contributed by atoms with Gasteiger partial charge in [0.15, 0.2) is 5.96 Å². The van der Waals surface area contributed by atoms with E-state index in [1.54, 1.807) is 0 Å². The SMILES string of the molecule is CCNC(=NCC1CCN(CCc2ccccc2)C1)NCCc1ncc(CC)s1. The van der Waals surface area contributed by atoms with Gasteiger partial charge >= 0.3 is 0 Å². The van der Waals surface area contributed by atoms with Crippen LogP contribution in [-0.2, 0) is 19.3 Å². The molecule has 29 heavy (non-hydrogen) atoms. The Morgan fingerprint density at radius 3 is 2.83 bits per heavy atom. The van der Waals surface area contributed by atoms with Crippen molar-refractivity contribution in [2.75, 3.05) is 39.3 Å². The topological polar surface area (TPSA) is 52.6 Å². The summed E-state index contributed by atoms with van der Waals surface area (Å²) in [6.45, 7) is 10.5. The second kappa shape index (κ2) is 11.9. The van der Waals surface area contributed by atoms with Crippen LogP contribution in [0.1, 0.15) is 35.7 Å². The summed E-state index contributed by atoms with van der Waals surface area (Å²) >= 11 is 1.82. The second-order valence-corrected chi connectivity index (χ2v) is 8.86. The van der Waals surface area contributed by atoms with Gasteiger partial charge in [0.05, 0.1) is 5.01 Å². The van der Waals surface area contributed by atoms with Gasteiger partial charge in [-0.2, -0.15) is 0 Å². The number of rotatable bonds is 10. The van der Waals surface area contributed by atoms with Crippen LogP contribution in [0.25, 0.3) is 0 Å². The van der Waals surface area contributed by atoms with Crippen LogP contribution in [0, 0.1) is 5.92 Å². The molecule has 2 aromatic rings. The van der Waals surface area contributed by atoms with E-state index in [0.29, 0.717) is 5.92 Å². The molecule has 1 aromatic carbocycles. The normalized spacial score (nSPS) is 17.6. The molecule has 2 heterocycles. The number of likely N-dealkylation sites (tertiary alicyclic amines) is 1. The van der Waals surface area contributed by atoms with Gasteiger partial charge in [0, 0.05) is 50.2 Å². The molecule has 1 aliphatic rings. The highest BCUT2D eigenvalue weighted by atomic mass is 32.1. The molecular formula is C23H35N5S. The first-order chi connectivity index (χ1) is 14.3. The van der Waals surface area contributed by atoms with Crippen LogP contribution in [0.5, 0.6) is 0 Å². The van der Waals surface area contributed by atoms with Crippen LogP contribution < -0.4 is 10.6 Å². The summed E-state index contributed by atoms with van der Waals surface area (Å²) in [5.74, 6) is 1.59. The van der Waals surface area contributed by atoms with Crippen molar-refractivity contribution in [3.63, 3.8) is 0 Å². The molecule has 158 valence electrons. The molecule has 1 fully saturated rings. The van der Waals surface area contributed by atoms with E-state index in [1.165, 1.54) is 28.4 Å². The predicted octanol–water partition coefficient (Wildman–Crippen LogP) is 3.37. The molecular weight excluding hydrogens is 378 g/mol. The summed E-state index contributed by atoms with van der Waals surface area (Å²) in [5.41, 5.74) is 1.43. The summed E-state index contributed by atoms with van der Waals surface area (Å²) in [5, 5.41) is 8.05. The van der Waals surface area contributed by atoms with Crippen molar-refractivity contribution in [1.29, 1.82) is 0 Å². The quantitative estimate of drug-likeness (QED) is 0.463. The minimum absolute atomic E-state index is 0.660. The highest BCUT2D eigenvalue weighted by Gasteiger charge is 2.21. The van der Waals surface area contributed by atoms with E-state index in [2.05, 4.69) is 64.7 Å². The number of thiazole rings is 1.